The summed E-state index contributed by atoms with van der Waals surface area (Å²) in [5, 5.41) is 101. The van der Waals surface area contributed by atoms with Crippen molar-refractivity contribution in [1.29, 1.82) is 0 Å². The van der Waals surface area contributed by atoms with E-state index in [-0.39, 0.29) is 48.9 Å². The molecule has 0 amide bonds. The Kier molecular flexibility index (Phi) is 20.6. The molecule has 0 aromatic heterocycles. The van der Waals surface area contributed by atoms with Gasteiger partial charge >= 0.3 is 103 Å². The molecule has 0 fully saturated rings. The Bertz CT molecular complexity index is 812. The summed E-state index contributed by atoms with van der Waals surface area (Å²) in [4.78, 5) is 91.5. The zero-order valence-electron chi connectivity index (χ0n) is 19.3. The van der Waals surface area contributed by atoms with Crippen LogP contribution in [0.4, 0.5) is 0 Å². The van der Waals surface area contributed by atoms with Crippen molar-refractivity contribution in [3.05, 3.63) is 0 Å². The van der Waals surface area contributed by atoms with Crippen molar-refractivity contribution in [2.45, 2.75) is 55.3 Å². The van der Waals surface area contributed by atoms with E-state index in [0.717, 1.165) is 0 Å². The van der Waals surface area contributed by atoms with Crippen LogP contribution < -0.4 is 0 Å². The first-order chi connectivity index (χ1) is 17.3. The van der Waals surface area contributed by atoms with Crippen LogP contribution in [-0.2, 0) is 43.2 Å². The third-order valence-corrected chi connectivity index (χ3v) is 3.86. The van der Waals surface area contributed by atoms with Gasteiger partial charge in [0.15, 0.2) is 16.8 Å². The third kappa shape index (κ3) is 19.7. The molecule has 40 heavy (non-hydrogen) atoms. The first kappa shape index (κ1) is 43.7. The van der Waals surface area contributed by atoms with Crippen molar-refractivity contribution in [3.8, 4) is 0 Å². The van der Waals surface area contributed by atoms with Gasteiger partial charge in [-0.3, -0.25) is 28.8 Å². The van der Waals surface area contributed by atoms with Crippen molar-refractivity contribution in [1.82, 2.24) is 0 Å². The van der Waals surface area contributed by atoms with Crippen LogP contribution in [-0.4, -0.2) is 181 Å². The summed E-state index contributed by atoms with van der Waals surface area (Å²) < 4.78 is 0. The summed E-state index contributed by atoms with van der Waals surface area (Å²) in [5.41, 5.74) is -8.22. The maximum atomic E-state index is 10.3. The molecule has 0 saturated heterocycles. The number of carboxylic acid groups (broad SMARTS) is 9. The Labute approximate surface area is 261 Å². The van der Waals surface area contributed by atoms with E-state index >= 15 is 0 Å². The molecule has 0 aliphatic heterocycles. The van der Waals surface area contributed by atoms with Crippen LogP contribution in [0.2, 0.25) is 0 Å². The van der Waals surface area contributed by atoms with E-state index in [1.54, 1.807) is 0 Å². The number of rotatable bonds is 15. The van der Waals surface area contributed by atoms with E-state index in [4.69, 9.17) is 61.3 Å². The second-order valence-electron chi connectivity index (χ2n) is 7.43. The van der Waals surface area contributed by atoms with Crippen LogP contribution in [0.15, 0.2) is 0 Å². The van der Waals surface area contributed by atoms with Gasteiger partial charge in [0.25, 0.3) is 0 Å². The summed E-state index contributed by atoms with van der Waals surface area (Å²) in [6, 6.07) is 0. The molecule has 0 aromatic carbocycles. The number of hydrogen-bond acceptors (Lipinski definition) is 12. The van der Waals surface area contributed by atoms with Gasteiger partial charge in [-0.1, -0.05) is 0 Å². The topological polar surface area (TPSA) is 396 Å². The van der Waals surface area contributed by atoms with Crippen LogP contribution >= 0.6 is 0 Å². The molecule has 22 heteroatoms. The molecule has 0 radical (unpaired) electrons. The molecule has 0 spiro atoms. The second-order valence-corrected chi connectivity index (χ2v) is 7.43. The minimum absolute atomic E-state index is 0. The SMILES string of the molecule is O=C(O)CC(O)(CC(=O)O)C(=O)O.O=C(O)CC(O)(CC(=O)O)C(=O)O.O=C(O)CC(O)(CC(=O)O)C(=O)O.[BaH2]. The summed E-state index contributed by atoms with van der Waals surface area (Å²) in [6.07, 6.45) is -6.87. The summed E-state index contributed by atoms with van der Waals surface area (Å²) in [6.45, 7) is 0. The molecule has 0 atom stereocenters. The van der Waals surface area contributed by atoms with Gasteiger partial charge in [-0.05, 0) is 0 Å². The van der Waals surface area contributed by atoms with Gasteiger partial charge in [0, 0.05) is 0 Å². The zero-order chi connectivity index (χ0) is 31.9. The van der Waals surface area contributed by atoms with Crippen molar-refractivity contribution in [2.24, 2.45) is 0 Å². The molecule has 226 valence electrons. The first-order valence-electron chi connectivity index (χ1n) is 9.51. The molecular formula is C18H26BaO21. The first-order valence-corrected chi connectivity index (χ1v) is 9.51. The monoisotopic (exact) mass is 716 g/mol. The van der Waals surface area contributed by atoms with Gasteiger partial charge < -0.3 is 61.3 Å². The van der Waals surface area contributed by atoms with E-state index < -0.39 is 109 Å². The number of hydrogen-bond donors (Lipinski definition) is 12. The van der Waals surface area contributed by atoms with Crippen molar-refractivity contribution in [2.75, 3.05) is 0 Å². The van der Waals surface area contributed by atoms with Crippen molar-refractivity contribution >= 4 is 103 Å². The predicted octanol–water partition coefficient (Wildman–Crippen LogP) is -4.66. The van der Waals surface area contributed by atoms with Gasteiger partial charge in [0.05, 0.1) is 38.5 Å². The molecule has 0 aliphatic carbocycles. The average molecular weight is 716 g/mol. The molecule has 0 aromatic rings. The van der Waals surface area contributed by atoms with E-state index in [9.17, 15) is 43.2 Å². The van der Waals surface area contributed by atoms with Gasteiger partial charge in [-0.25, -0.2) is 14.4 Å². The van der Waals surface area contributed by atoms with Gasteiger partial charge in [0.2, 0.25) is 0 Å². The fourth-order valence-corrected chi connectivity index (χ4v) is 2.14. The van der Waals surface area contributed by atoms with E-state index in [1.807, 2.05) is 0 Å². The maximum absolute atomic E-state index is 10.3. The summed E-state index contributed by atoms with van der Waals surface area (Å²) in [7, 11) is 0. The summed E-state index contributed by atoms with van der Waals surface area (Å²) >= 11 is 0. The molecule has 0 aliphatic rings. The van der Waals surface area contributed by atoms with Crippen LogP contribution in [0.1, 0.15) is 38.5 Å². The average Bonchev–Trinajstić information content (AvgIpc) is 2.64. The Hall–Kier alpha value is -3.32. The van der Waals surface area contributed by atoms with E-state index in [0.29, 0.717) is 0 Å². The number of carbonyl (C=O) groups is 9. The predicted molar refractivity (Wildman–Crippen MR) is 120 cm³/mol. The molecule has 0 unspecified atom stereocenters. The fraction of sp³-hybridized carbons (Fsp3) is 0.500. The Morgan fingerprint density at radius 2 is 0.425 bits per heavy atom. The number of aliphatic carboxylic acids is 9. The standard InChI is InChI=1S/3C6H8O7.Ba.2H/c3*7-3(8)1-6(13,5(11)12)2-4(9)10;;;/h3*13H,1-2H2,(H,7,8)(H,9,10)(H,11,12);;;. The van der Waals surface area contributed by atoms with Gasteiger partial charge in [-0.15, -0.1) is 0 Å². The Morgan fingerprint density at radius 1 is 0.325 bits per heavy atom. The van der Waals surface area contributed by atoms with Crippen LogP contribution in [0.3, 0.4) is 0 Å². The molecular weight excluding hydrogens is 690 g/mol. The van der Waals surface area contributed by atoms with Crippen LogP contribution in [0.5, 0.6) is 0 Å². The van der Waals surface area contributed by atoms with Crippen molar-refractivity contribution in [3.63, 3.8) is 0 Å². The van der Waals surface area contributed by atoms with Crippen molar-refractivity contribution < 1.29 is 104 Å². The fourth-order valence-electron chi connectivity index (χ4n) is 2.14. The van der Waals surface area contributed by atoms with Crippen LogP contribution in [0, 0.1) is 0 Å². The summed E-state index contributed by atoms with van der Waals surface area (Å²) in [5.74, 6) is -15.1. The number of aliphatic hydroxyl groups is 3. The molecule has 12 N–H and O–H groups in total. The minimum atomic E-state index is -2.74. The van der Waals surface area contributed by atoms with E-state index in [1.165, 1.54) is 0 Å². The van der Waals surface area contributed by atoms with Gasteiger partial charge in [0.1, 0.15) is 0 Å². The molecule has 0 saturated carbocycles. The second kappa shape index (κ2) is 18.9. The van der Waals surface area contributed by atoms with Gasteiger partial charge in [-0.2, -0.15) is 0 Å². The van der Waals surface area contributed by atoms with E-state index in [2.05, 4.69) is 0 Å². The number of carboxylic acids is 9. The molecule has 21 nitrogen and oxygen atoms in total. The molecule has 0 rings (SSSR count). The Morgan fingerprint density at radius 3 is 0.475 bits per heavy atom. The zero-order valence-corrected chi connectivity index (χ0v) is 19.3. The van der Waals surface area contributed by atoms with Crippen LogP contribution in [0.25, 0.3) is 0 Å². The third-order valence-electron chi connectivity index (χ3n) is 3.86. The quantitative estimate of drug-likeness (QED) is 0.0709. The normalized spacial score (nSPS) is 10.6. The molecule has 0 bridgehead atoms. The Balaban J connectivity index is -0.000000240. The molecule has 0 heterocycles.